The highest BCUT2D eigenvalue weighted by Gasteiger charge is 2.21. The molecule has 1 aliphatic heterocycles. The highest BCUT2D eigenvalue weighted by molar-refractivity contribution is 5.66. The lowest BCUT2D eigenvalue weighted by Gasteiger charge is -2.29. The molecule has 0 saturated carbocycles. The summed E-state index contributed by atoms with van der Waals surface area (Å²) in [7, 11) is 3.95. The maximum atomic E-state index is 4.20. The Bertz CT molecular complexity index is 790. The van der Waals surface area contributed by atoms with E-state index in [-0.39, 0.29) is 0 Å². The Morgan fingerprint density at radius 3 is 2.41 bits per heavy atom. The highest BCUT2D eigenvalue weighted by atomic mass is 15.1. The van der Waals surface area contributed by atoms with Crippen LogP contribution in [0.1, 0.15) is 20.8 Å². The normalized spacial score (nSPS) is 17.1. The van der Waals surface area contributed by atoms with Gasteiger partial charge in [0.25, 0.3) is 0 Å². The SMILES string of the molecule is C=C/C=C\C1=C(C)C(=C)N(C)C=C1C(=C/C)/C(/C=C\C=C/C=C/C)=C\NC. The second-order valence-corrected chi connectivity index (χ2v) is 6.09. The Morgan fingerprint density at radius 2 is 1.81 bits per heavy atom. The van der Waals surface area contributed by atoms with Gasteiger partial charge in [-0.25, -0.2) is 0 Å². The van der Waals surface area contributed by atoms with E-state index in [1.165, 1.54) is 0 Å². The van der Waals surface area contributed by atoms with E-state index in [2.05, 4.69) is 67.7 Å². The van der Waals surface area contributed by atoms with Gasteiger partial charge in [0, 0.05) is 37.8 Å². The van der Waals surface area contributed by atoms with Crippen molar-refractivity contribution >= 4 is 0 Å². The molecule has 0 aromatic carbocycles. The van der Waals surface area contributed by atoms with Crippen LogP contribution >= 0.6 is 0 Å². The molecule has 0 aromatic rings. The Hall–Kier alpha value is -3.00. The van der Waals surface area contributed by atoms with Crippen LogP contribution in [0.2, 0.25) is 0 Å². The zero-order chi connectivity index (χ0) is 20.2. The minimum Gasteiger partial charge on any atom is -0.393 e. The maximum Gasteiger partial charge on any atom is 0.0366 e. The Kier molecular flexibility index (Phi) is 9.46. The Balaban J connectivity index is 3.42. The standard InChI is InChI=1S/C25H32N2/c1-8-11-13-14-15-16-22(18-26-6)23(10-3)25-19-27(7)21(5)20(4)24(25)17-12-9-2/h8-19,26H,2,5H2,1,3-4,6-7H3/b11-8+,14-13-,16-15-,17-12-,22-18-,23-10+. The van der Waals surface area contributed by atoms with Gasteiger partial charge in [-0.3, -0.25) is 0 Å². The van der Waals surface area contributed by atoms with Crippen LogP contribution in [0.3, 0.4) is 0 Å². The maximum absolute atomic E-state index is 4.20. The van der Waals surface area contributed by atoms with Crippen molar-refractivity contribution in [1.29, 1.82) is 0 Å². The molecular formula is C25H32N2. The van der Waals surface area contributed by atoms with Crippen LogP contribution in [0.15, 0.2) is 120 Å². The number of rotatable bonds is 8. The predicted octanol–water partition coefficient (Wildman–Crippen LogP) is 6.13. The number of allylic oxidation sites excluding steroid dienone is 15. The van der Waals surface area contributed by atoms with Gasteiger partial charge in [0.2, 0.25) is 0 Å². The van der Waals surface area contributed by atoms with Gasteiger partial charge in [-0.1, -0.05) is 73.9 Å². The predicted molar refractivity (Wildman–Crippen MR) is 121 cm³/mol. The summed E-state index contributed by atoms with van der Waals surface area (Å²) in [5.74, 6) is 0. The molecule has 1 rings (SSSR count). The van der Waals surface area contributed by atoms with Gasteiger partial charge in [0.1, 0.15) is 0 Å². The van der Waals surface area contributed by atoms with Gasteiger partial charge in [-0.15, -0.1) is 0 Å². The lowest BCUT2D eigenvalue weighted by Crippen LogP contribution is -2.18. The number of hydrogen-bond acceptors (Lipinski definition) is 2. The van der Waals surface area contributed by atoms with Crippen molar-refractivity contribution < 1.29 is 0 Å². The molecule has 0 aromatic heterocycles. The van der Waals surface area contributed by atoms with E-state index in [0.29, 0.717) is 0 Å². The second-order valence-electron chi connectivity index (χ2n) is 6.09. The smallest absolute Gasteiger partial charge is 0.0366 e. The van der Waals surface area contributed by atoms with Crippen molar-refractivity contribution in [2.45, 2.75) is 20.8 Å². The minimum atomic E-state index is 1.00. The van der Waals surface area contributed by atoms with E-state index >= 15 is 0 Å². The molecule has 0 fully saturated rings. The van der Waals surface area contributed by atoms with Crippen molar-refractivity contribution in [2.24, 2.45) is 0 Å². The molecule has 0 atom stereocenters. The summed E-state index contributed by atoms with van der Waals surface area (Å²) in [4.78, 5) is 2.08. The highest BCUT2D eigenvalue weighted by Crippen LogP contribution is 2.35. The molecule has 0 radical (unpaired) electrons. The first-order chi connectivity index (χ1) is 13.0. The fraction of sp³-hybridized carbons (Fsp3) is 0.200. The molecule has 0 bridgehead atoms. The molecule has 0 unspecified atom stereocenters. The van der Waals surface area contributed by atoms with Gasteiger partial charge in [0.15, 0.2) is 0 Å². The van der Waals surface area contributed by atoms with Gasteiger partial charge >= 0.3 is 0 Å². The molecule has 0 aliphatic carbocycles. The van der Waals surface area contributed by atoms with Gasteiger partial charge in [0.05, 0.1) is 0 Å². The quantitative estimate of drug-likeness (QED) is 0.524. The lowest BCUT2D eigenvalue weighted by atomic mass is 9.87. The molecule has 2 heteroatoms. The average molecular weight is 361 g/mol. The third-order valence-corrected chi connectivity index (χ3v) is 4.27. The first kappa shape index (κ1) is 22.0. The zero-order valence-corrected chi connectivity index (χ0v) is 17.3. The van der Waals surface area contributed by atoms with Crippen LogP contribution < -0.4 is 5.32 Å². The van der Waals surface area contributed by atoms with Crippen molar-refractivity contribution in [1.82, 2.24) is 10.2 Å². The molecule has 0 amide bonds. The molecule has 0 spiro atoms. The molecule has 1 heterocycles. The number of nitrogens with one attached hydrogen (secondary N) is 1. The first-order valence-electron chi connectivity index (χ1n) is 9.16. The fourth-order valence-electron chi connectivity index (χ4n) is 2.80. The summed E-state index contributed by atoms with van der Waals surface area (Å²) in [5, 5.41) is 3.16. The van der Waals surface area contributed by atoms with E-state index < -0.39 is 0 Å². The van der Waals surface area contributed by atoms with Crippen LogP contribution in [0.25, 0.3) is 0 Å². The number of nitrogens with zero attached hydrogens (tertiary/aromatic N) is 1. The van der Waals surface area contributed by atoms with Crippen LogP contribution in [0, 0.1) is 0 Å². The third kappa shape index (κ3) is 6.03. The molecule has 0 saturated heterocycles. The van der Waals surface area contributed by atoms with Crippen LogP contribution in [-0.2, 0) is 0 Å². The topological polar surface area (TPSA) is 15.3 Å². The number of hydrogen-bond donors (Lipinski definition) is 1. The van der Waals surface area contributed by atoms with Crippen molar-refractivity contribution in [2.75, 3.05) is 14.1 Å². The molecular weight excluding hydrogens is 328 g/mol. The van der Waals surface area contributed by atoms with Crippen LogP contribution in [0.5, 0.6) is 0 Å². The Labute approximate surface area is 165 Å². The van der Waals surface area contributed by atoms with E-state index in [4.69, 9.17) is 0 Å². The van der Waals surface area contributed by atoms with E-state index in [1.54, 1.807) is 6.08 Å². The Morgan fingerprint density at radius 1 is 1.11 bits per heavy atom. The van der Waals surface area contributed by atoms with Crippen LogP contribution in [0.4, 0.5) is 0 Å². The summed E-state index contributed by atoms with van der Waals surface area (Å²) in [6.45, 7) is 14.2. The third-order valence-electron chi connectivity index (χ3n) is 4.27. The van der Waals surface area contributed by atoms with E-state index in [0.717, 1.165) is 33.6 Å². The first-order valence-corrected chi connectivity index (χ1v) is 9.16. The average Bonchev–Trinajstić information content (AvgIpc) is 2.66. The van der Waals surface area contributed by atoms with Gasteiger partial charge in [-0.2, -0.15) is 0 Å². The largest absolute Gasteiger partial charge is 0.393 e. The van der Waals surface area contributed by atoms with E-state index in [9.17, 15) is 0 Å². The summed E-state index contributed by atoms with van der Waals surface area (Å²) in [5.41, 5.74) is 6.74. The molecule has 1 aliphatic rings. The molecule has 142 valence electrons. The van der Waals surface area contributed by atoms with Gasteiger partial charge in [-0.05, 0) is 43.1 Å². The molecule has 1 N–H and O–H groups in total. The minimum absolute atomic E-state index is 1.00. The van der Waals surface area contributed by atoms with Crippen molar-refractivity contribution in [3.63, 3.8) is 0 Å². The number of likely N-dealkylation sites (N-methyl/N-ethyl adjacent to an activating group) is 1. The molecule has 2 nitrogen and oxygen atoms in total. The zero-order valence-electron chi connectivity index (χ0n) is 17.3. The van der Waals surface area contributed by atoms with Crippen molar-refractivity contribution in [3.8, 4) is 0 Å². The monoisotopic (exact) mass is 360 g/mol. The van der Waals surface area contributed by atoms with Gasteiger partial charge < -0.3 is 10.2 Å². The summed E-state index contributed by atoms with van der Waals surface area (Å²) in [6, 6.07) is 0. The summed E-state index contributed by atoms with van der Waals surface area (Å²) >= 11 is 0. The second kappa shape index (κ2) is 11.6. The summed E-state index contributed by atoms with van der Waals surface area (Å²) < 4.78 is 0. The fourth-order valence-corrected chi connectivity index (χ4v) is 2.80. The van der Waals surface area contributed by atoms with E-state index in [1.807, 2.05) is 57.6 Å². The van der Waals surface area contributed by atoms with Crippen LogP contribution in [-0.4, -0.2) is 19.0 Å². The summed E-state index contributed by atoms with van der Waals surface area (Å²) in [6.07, 6.45) is 24.4. The molecule has 27 heavy (non-hydrogen) atoms. The van der Waals surface area contributed by atoms with Crippen molar-refractivity contribution in [3.05, 3.63) is 120 Å². The lowest BCUT2D eigenvalue weighted by molar-refractivity contribution is 0.569.